The van der Waals surface area contributed by atoms with Gasteiger partial charge in [0.25, 0.3) is 5.91 Å². The molecule has 0 unspecified atom stereocenters. The quantitative estimate of drug-likeness (QED) is 0.771. The zero-order valence-electron chi connectivity index (χ0n) is 13.5. The van der Waals surface area contributed by atoms with Crippen LogP contribution in [0, 0.1) is 6.92 Å². The lowest BCUT2D eigenvalue weighted by atomic mass is 10.1. The smallest absolute Gasteiger partial charge is 0.346 e. The van der Waals surface area contributed by atoms with Gasteiger partial charge in [0, 0.05) is 19.2 Å². The zero-order chi connectivity index (χ0) is 17.1. The first-order valence-corrected chi connectivity index (χ1v) is 8.47. The van der Waals surface area contributed by atoms with Gasteiger partial charge in [-0.25, -0.2) is 9.48 Å². The highest BCUT2D eigenvalue weighted by Gasteiger charge is 2.13. The monoisotopic (exact) mass is 342 g/mol. The van der Waals surface area contributed by atoms with E-state index in [4.69, 9.17) is 0 Å². The first kappa shape index (κ1) is 16.2. The summed E-state index contributed by atoms with van der Waals surface area (Å²) < 4.78 is 2.90. The maximum absolute atomic E-state index is 12.2. The third-order valence-electron chi connectivity index (χ3n) is 3.71. The predicted octanol–water partition coefficient (Wildman–Crippen LogP) is 2.05. The fourth-order valence-electron chi connectivity index (χ4n) is 2.34. The molecular formula is C17H18N4O2S. The normalized spacial score (nSPS) is 10.8. The number of benzene rings is 1. The van der Waals surface area contributed by atoms with E-state index in [0.717, 1.165) is 10.4 Å². The summed E-state index contributed by atoms with van der Waals surface area (Å²) in [7, 11) is 1.70. The zero-order valence-corrected chi connectivity index (χ0v) is 14.3. The third-order valence-corrected chi connectivity index (χ3v) is 4.57. The molecule has 1 N–H and O–H groups in total. The van der Waals surface area contributed by atoms with Gasteiger partial charge in [-0.2, -0.15) is 0 Å². The topological polar surface area (TPSA) is 68.9 Å². The van der Waals surface area contributed by atoms with E-state index in [1.807, 2.05) is 36.6 Å². The molecule has 0 spiro atoms. The number of nitrogens with one attached hydrogen (secondary N) is 1. The van der Waals surface area contributed by atoms with E-state index in [1.54, 1.807) is 19.2 Å². The molecule has 0 atom stereocenters. The molecule has 0 saturated heterocycles. The first-order valence-electron chi connectivity index (χ1n) is 7.59. The highest BCUT2D eigenvalue weighted by atomic mass is 32.1. The summed E-state index contributed by atoms with van der Waals surface area (Å²) in [5.41, 5.74) is 1.52. The second-order valence-corrected chi connectivity index (χ2v) is 6.44. The summed E-state index contributed by atoms with van der Waals surface area (Å²) in [6, 6.07) is 11.2. The van der Waals surface area contributed by atoms with Crippen LogP contribution in [0.2, 0.25) is 0 Å². The second kappa shape index (κ2) is 6.84. The van der Waals surface area contributed by atoms with E-state index in [1.165, 1.54) is 20.6 Å². The highest BCUT2D eigenvalue weighted by molar-refractivity contribution is 7.13. The Labute approximate surface area is 143 Å². The van der Waals surface area contributed by atoms with Gasteiger partial charge in [0.15, 0.2) is 5.82 Å². The molecule has 0 fully saturated rings. The number of amides is 1. The van der Waals surface area contributed by atoms with Gasteiger partial charge in [0.1, 0.15) is 0 Å². The van der Waals surface area contributed by atoms with Crippen LogP contribution >= 0.6 is 11.3 Å². The van der Waals surface area contributed by atoms with E-state index >= 15 is 0 Å². The molecule has 6 nitrogen and oxygen atoms in total. The van der Waals surface area contributed by atoms with Gasteiger partial charge in [-0.3, -0.25) is 9.36 Å². The molecule has 0 aliphatic carbocycles. The Hall–Kier alpha value is -2.67. The Morgan fingerprint density at radius 1 is 1.25 bits per heavy atom. The van der Waals surface area contributed by atoms with Crippen molar-refractivity contribution < 1.29 is 4.79 Å². The maximum atomic E-state index is 12.2. The van der Waals surface area contributed by atoms with Crippen molar-refractivity contribution in [2.45, 2.75) is 13.5 Å². The molecule has 7 heteroatoms. The molecule has 0 saturated carbocycles. The number of rotatable bonds is 5. The average Bonchev–Trinajstić information content (AvgIpc) is 3.19. The molecule has 1 amide bonds. The van der Waals surface area contributed by atoms with Crippen molar-refractivity contribution in [2.75, 3.05) is 6.54 Å². The Bertz CT molecular complexity index is 892. The molecule has 2 heterocycles. The molecule has 0 aliphatic rings. The molecular weight excluding hydrogens is 324 g/mol. The fraction of sp³-hybridized carbons (Fsp3) is 0.235. The van der Waals surface area contributed by atoms with Gasteiger partial charge in [-0.05, 0) is 30.5 Å². The number of nitrogens with zero attached hydrogens (tertiary/aromatic N) is 3. The van der Waals surface area contributed by atoms with Crippen LogP contribution in [-0.2, 0) is 13.6 Å². The van der Waals surface area contributed by atoms with Crippen LogP contribution in [0.15, 0.2) is 46.6 Å². The fourth-order valence-corrected chi connectivity index (χ4v) is 3.08. The molecule has 0 aliphatic heterocycles. The minimum Gasteiger partial charge on any atom is -0.350 e. The van der Waals surface area contributed by atoms with Crippen molar-refractivity contribution in [1.82, 2.24) is 19.7 Å². The number of carbonyl (C=O) groups excluding carboxylic acids is 1. The molecule has 0 radical (unpaired) electrons. The van der Waals surface area contributed by atoms with Gasteiger partial charge >= 0.3 is 5.69 Å². The van der Waals surface area contributed by atoms with Crippen molar-refractivity contribution in [1.29, 1.82) is 0 Å². The number of aryl methyl sites for hydroxylation is 1. The van der Waals surface area contributed by atoms with E-state index < -0.39 is 0 Å². The summed E-state index contributed by atoms with van der Waals surface area (Å²) in [4.78, 5) is 25.2. The minimum atomic E-state index is -0.192. The van der Waals surface area contributed by atoms with Crippen LogP contribution < -0.4 is 11.0 Å². The van der Waals surface area contributed by atoms with Gasteiger partial charge in [0.05, 0.1) is 11.4 Å². The molecule has 1 aromatic carbocycles. The molecule has 124 valence electrons. The summed E-state index contributed by atoms with van der Waals surface area (Å²) in [6.07, 6.45) is 0. The molecule has 0 bridgehead atoms. The van der Waals surface area contributed by atoms with Crippen LogP contribution in [0.25, 0.3) is 10.7 Å². The SMILES string of the molecule is Cc1ccc(C(=O)NCCn2nc(-c3cccs3)n(C)c2=O)cc1. The van der Waals surface area contributed by atoms with Crippen LogP contribution in [0.4, 0.5) is 0 Å². The molecule has 3 aromatic rings. The van der Waals surface area contributed by atoms with Gasteiger partial charge < -0.3 is 5.32 Å². The summed E-state index contributed by atoms with van der Waals surface area (Å²) in [5, 5.41) is 9.12. The lowest BCUT2D eigenvalue weighted by Gasteiger charge is -2.05. The average molecular weight is 342 g/mol. The van der Waals surface area contributed by atoms with Crippen molar-refractivity contribution in [2.24, 2.45) is 7.05 Å². The van der Waals surface area contributed by atoms with Crippen LogP contribution in [0.1, 0.15) is 15.9 Å². The van der Waals surface area contributed by atoms with Crippen molar-refractivity contribution in [3.8, 4) is 10.7 Å². The second-order valence-electron chi connectivity index (χ2n) is 5.49. The third kappa shape index (κ3) is 3.30. The number of hydrogen-bond acceptors (Lipinski definition) is 4. The van der Waals surface area contributed by atoms with Crippen LogP contribution in [-0.4, -0.2) is 26.8 Å². The van der Waals surface area contributed by atoms with E-state index in [2.05, 4.69) is 10.4 Å². The lowest BCUT2D eigenvalue weighted by molar-refractivity contribution is 0.0952. The molecule has 24 heavy (non-hydrogen) atoms. The maximum Gasteiger partial charge on any atom is 0.346 e. The minimum absolute atomic E-state index is 0.155. The highest BCUT2D eigenvalue weighted by Crippen LogP contribution is 2.20. The van der Waals surface area contributed by atoms with Gasteiger partial charge in [-0.1, -0.05) is 23.8 Å². The van der Waals surface area contributed by atoms with E-state index in [9.17, 15) is 9.59 Å². The standard InChI is InChI=1S/C17H18N4O2S/c1-12-5-7-13(8-6-12)16(22)18-9-10-21-17(23)20(2)15(19-21)14-4-3-11-24-14/h3-8,11H,9-10H2,1-2H3,(H,18,22). The largest absolute Gasteiger partial charge is 0.350 e. The number of hydrogen-bond donors (Lipinski definition) is 1. The number of thiophene rings is 1. The van der Waals surface area contributed by atoms with Crippen LogP contribution in [0.3, 0.4) is 0 Å². The van der Waals surface area contributed by atoms with E-state index in [-0.39, 0.29) is 11.6 Å². The molecule has 2 aromatic heterocycles. The number of carbonyl (C=O) groups is 1. The summed E-state index contributed by atoms with van der Waals surface area (Å²) in [5.74, 6) is 0.484. The van der Waals surface area contributed by atoms with Crippen molar-refractivity contribution >= 4 is 17.2 Å². The van der Waals surface area contributed by atoms with Gasteiger partial charge in [-0.15, -0.1) is 16.4 Å². The summed E-state index contributed by atoms with van der Waals surface area (Å²) in [6.45, 7) is 2.64. The number of aromatic nitrogens is 3. The van der Waals surface area contributed by atoms with Crippen molar-refractivity contribution in [3.63, 3.8) is 0 Å². The van der Waals surface area contributed by atoms with Crippen LogP contribution in [0.5, 0.6) is 0 Å². The predicted molar refractivity (Wildman–Crippen MR) is 94.3 cm³/mol. The van der Waals surface area contributed by atoms with E-state index in [0.29, 0.717) is 24.5 Å². The Morgan fingerprint density at radius 3 is 2.67 bits per heavy atom. The first-order chi connectivity index (χ1) is 11.6. The van der Waals surface area contributed by atoms with Crippen molar-refractivity contribution in [3.05, 3.63) is 63.4 Å². The van der Waals surface area contributed by atoms with Gasteiger partial charge in [0.2, 0.25) is 0 Å². The lowest BCUT2D eigenvalue weighted by Crippen LogP contribution is -2.31. The Morgan fingerprint density at radius 2 is 2.00 bits per heavy atom. The Balaban J connectivity index is 1.65. The Kier molecular flexibility index (Phi) is 4.61. The molecule has 3 rings (SSSR count). The summed E-state index contributed by atoms with van der Waals surface area (Å²) >= 11 is 1.53.